The molecule has 1 fully saturated rings. The van der Waals surface area contributed by atoms with Crippen LogP contribution in [0, 0.1) is 0 Å². The maximum absolute atomic E-state index is 10.8. The lowest BCUT2D eigenvalue weighted by Gasteiger charge is -2.39. The molecule has 3 heteroatoms. The Balaban J connectivity index is 2.74. The van der Waals surface area contributed by atoms with Gasteiger partial charge in [0.05, 0.1) is 0 Å². The number of hydrogen-bond donors (Lipinski definition) is 0. The van der Waals surface area contributed by atoms with Crippen LogP contribution in [0.5, 0.6) is 0 Å². The lowest BCUT2D eigenvalue weighted by molar-refractivity contribution is -0.132. The minimum atomic E-state index is -0.564. The summed E-state index contributed by atoms with van der Waals surface area (Å²) in [4.78, 5) is 10.8. The van der Waals surface area contributed by atoms with E-state index in [-0.39, 0.29) is 0 Å². The normalized spacial score (nSPS) is 27.1. The first-order valence-electron chi connectivity index (χ1n) is 3.73. The molecule has 0 aromatic rings. The summed E-state index contributed by atoms with van der Waals surface area (Å²) < 4.78 is 9.90. The van der Waals surface area contributed by atoms with Crippen LogP contribution in [0.1, 0.15) is 34.1 Å². The highest BCUT2D eigenvalue weighted by molar-refractivity contribution is 5.62. The molecule has 1 aliphatic rings. The van der Waals surface area contributed by atoms with E-state index in [0.717, 1.165) is 6.42 Å². The second kappa shape index (κ2) is 2.13. The zero-order valence-electron chi connectivity index (χ0n) is 7.43. The van der Waals surface area contributed by atoms with Gasteiger partial charge >= 0.3 is 6.16 Å². The third-order valence-corrected chi connectivity index (χ3v) is 1.57. The van der Waals surface area contributed by atoms with E-state index < -0.39 is 17.4 Å². The fourth-order valence-electron chi connectivity index (χ4n) is 1.57. The Morgan fingerprint density at radius 3 is 1.73 bits per heavy atom. The van der Waals surface area contributed by atoms with Gasteiger partial charge in [0.15, 0.2) is 0 Å². The largest absolute Gasteiger partial charge is 0.509 e. The van der Waals surface area contributed by atoms with Crippen LogP contribution in [-0.4, -0.2) is 17.4 Å². The summed E-state index contributed by atoms with van der Waals surface area (Å²) >= 11 is 0. The number of cyclic esters (lactones) is 2. The number of hydrogen-bond acceptors (Lipinski definition) is 3. The maximum atomic E-state index is 10.8. The van der Waals surface area contributed by atoms with E-state index in [1.165, 1.54) is 0 Å². The van der Waals surface area contributed by atoms with Crippen molar-refractivity contribution in [2.75, 3.05) is 0 Å². The average molecular weight is 158 g/mol. The molecule has 0 aromatic heterocycles. The second-order valence-corrected chi connectivity index (χ2v) is 4.15. The molecular formula is C8H14O3. The molecule has 1 aliphatic heterocycles. The third-order valence-electron chi connectivity index (χ3n) is 1.57. The Labute approximate surface area is 66.7 Å². The fraction of sp³-hybridized carbons (Fsp3) is 0.875. The molecule has 0 aliphatic carbocycles. The molecule has 0 N–H and O–H groups in total. The van der Waals surface area contributed by atoms with Crippen LogP contribution in [0.15, 0.2) is 0 Å². The monoisotopic (exact) mass is 158 g/mol. The van der Waals surface area contributed by atoms with Crippen molar-refractivity contribution in [3.63, 3.8) is 0 Å². The van der Waals surface area contributed by atoms with Crippen LogP contribution in [0.3, 0.4) is 0 Å². The van der Waals surface area contributed by atoms with Crippen molar-refractivity contribution in [2.24, 2.45) is 0 Å². The number of rotatable bonds is 0. The van der Waals surface area contributed by atoms with Gasteiger partial charge in [0, 0.05) is 6.42 Å². The van der Waals surface area contributed by atoms with Crippen molar-refractivity contribution in [1.29, 1.82) is 0 Å². The van der Waals surface area contributed by atoms with E-state index >= 15 is 0 Å². The van der Waals surface area contributed by atoms with E-state index in [9.17, 15) is 4.79 Å². The molecule has 1 heterocycles. The zero-order valence-corrected chi connectivity index (χ0v) is 7.43. The van der Waals surface area contributed by atoms with Crippen molar-refractivity contribution in [2.45, 2.75) is 45.3 Å². The van der Waals surface area contributed by atoms with E-state index in [1.54, 1.807) is 0 Å². The van der Waals surface area contributed by atoms with Crippen LogP contribution < -0.4 is 0 Å². The van der Waals surface area contributed by atoms with Gasteiger partial charge in [0.2, 0.25) is 0 Å². The first-order chi connectivity index (χ1) is 4.81. The number of ether oxygens (including phenoxy) is 2. The standard InChI is InChI=1S/C8H14O3/c1-7(2)5-8(3,4)11-6(9)10-7/h5H2,1-4H3. The van der Waals surface area contributed by atoms with Gasteiger partial charge in [-0.15, -0.1) is 0 Å². The summed E-state index contributed by atoms with van der Waals surface area (Å²) in [6.45, 7) is 7.54. The topological polar surface area (TPSA) is 35.5 Å². The molecule has 0 aromatic carbocycles. The summed E-state index contributed by atoms with van der Waals surface area (Å²) in [5.41, 5.74) is -0.780. The summed E-state index contributed by atoms with van der Waals surface area (Å²) in [7, 11) is 0. The first kappa shape index (κ1) is 8.37. The third kappa shape index (κ3) is 2.10. The van der Waals surface area contributed by atoms with Gasteiger partial charge in [-0.3, -0.25) is 0 Å². The van der Waals surface area contributed by atoms with Crippen LogP contribution in [0.2, 0.25) is 0 Å². The second-order valence-electron chi connectivity index (χ2n) is 4.15. The lowest BCUT2D eigenvalue weighted by Crippen LogP contribution is -2.46. The minimum Gasteiger partial charge on any atom is -0.428 e. The lowest BCUT2D eigenvalue weighted by atomic mass is 9.91. The van der Waals surface area contributed by atoms with Crippen LogP contribution in [0.25, 0.3) is 0 Å². The van der Waals surface area contributed by atoms with Crippen molar-refractivity contribution < 1.29 is 14.3 Å². The predicted molar refractivity (Wildman–Crippen MR) is 40.3 cm³/mol. The molecule has 3 nitrogen and oxygen atoms in total. The van der Waals surface area contributed by atoms with Crippen LogP contribution in [0.4, 0.5) is 4.79 Å². The van der Waals surface area contributed by atoms with E-state index in [1.807, 2.05) is 27.7 Å². The van der Waals surface area contributed by atoms with Gasteiger partial charge in [0.1, 0.15) is 11.2 Å². The average Bonchev–Trinajstić information content (AvgIpc) is 1.49. The molecule has 0 amide bonds. The predicted octanol–water partition coefficient (Wildman–Crippen LogP) is 2.10. The van der Waals surface area contributed by atoms with E-state index in [0.29, 0.717) is 0 Å². The molecule has 0 spiro atoms. The van der Waals surface area contributed by atoms with Gasteiger partial charge < -0.3 is 9.47 Å². The van der Waals surface area contributed by atoms with E-state index in [2.05, 4.69) is 0 Å². The van der Waals surface area contributed by atoms with E-state index in [4.69, 9.17) is 9.47 Å². The molecule has 0 unspecified atom stereocenters. The fourth-order valence-corrected chi connectivity index (χ4v) is 1.57. The summed E-state index contributed by atoms with van der Waals surface area (Å²) in [5.74, 6) is 0. The quantitative estimate of drug-likeness (QED) is 0.506. The number of carbonyl (C=O) groups is 1. The van der Waals surface area contributed by atoms with Gasteiger partial charge in [-0.1, -0.05) is 0 Å². The van der Waals surface area contributed by atoms with Crippen molar-refractivity contribution in [3.8, 4) is 0 Å². The number of carbonyl (C=O) groups excluding carboxylic acids is 1. The minimum absolute atomic E-state index is 0.390. The zero-order chi connectivity index (χ0) is 8.70. The first-order valence-corrected chi connectivity index (χ1v) is 3.73. The Morgan fingerprint density at radius 2 is 1.45 bits per heavy atom. The Morgan fingerprint density at radius 1 is 1.09 bits per heavy atom. The van der Waals surface area contributed by atoms with Gasteiger partial charge in [0.25, 0.3) is 0 Å². The Bertz CT molecular complexity index is 164. The molecule has 0 radical (unpaired) electrons. The molecular weight excluding hydrogens is 144 g/mol. The summed E-state index contributed by atoms with van der Waals surface area (Å²) in [6.07, 6.45) is 0.164. The van der Waals surface area contributed by atoms with Gasteiger partial charge in [-0.25, -0.2) is 4.79 Å². The van der Waals surface area contributed by atoms with Crippen molar-refractivity contribution >= 4 is 6.16 Å². The highest BCUT2D eigenvalue weighted by Gasteiger charge is 2.40. The Hall–Kier alpha value is -0.730. The van der Waals surface area contributed by atoms with Crippen LogP contribution in [-0.2, 0) is 9.47 Å². The van der Waals surface area contributed by atoms with Crippen LogP contribution >= 0.6 is 0 Å². The molecule has 11 heavy (non-hydrogen) atoms. The van der Waals surface area contributed by atoms with Gasteiger partial charge in [-0.05, 0) is 27.7 Å². The smallest absolute Gasteiger partial charge is 0.428 e. The SMILES string of the molecule is CC1(C)CC(C)(C)OC(=O)O1. The summed E-state index contributed by atoms with van der Waals surface area (Å²) in [6, 6.07) is 0. The molecule has 0 atom stereocenters. The maximum Gasteiger partial charge on any atom is 0.509 e. The molecule has 1 rings (SSSR count). The van der Waals surface area contributed by atoms with Crippen molar-refractivity contribution in [1.82, 2.24) is 0 Å². The Kier molecular flexibility index (Phi) is 1.62. The highest BCUT2D eigenvalue weighted by atomic mass is 16.8. The highest BCUT2D eigenvalue weighted by Crippen LogP contribution is 2.31. The van der Waals surface area contributed by atoms with Crippen molar-refractivity contribution in [3.05, 3.63) is 0 Å². The molecule has 0 bridgehead atoms. The van der Waals surface area contributed by atoms with Gasteiger partial charge in [-0.2, -0.15) is 0 Å². The molecule has 1 saturated heterocycles. The summed E-state index contributed by atoms with van der Waals surface area (Å²) in [5, 5.41) is 0. The molecule has 0 saturated carbocycles. The molecule has 64 valence electrons.